The van der Waals surface area contributed by atoms with Gasteiger partial charge in [0, 0.05) is 23.6 Å². The number of amides is 1. The van der Waals surface area contributed by atoms with E-state index in [2.05, 4.69) is 5.32 Å². The number of carbonyl (C=O) groups excluding carboxylic acids is 1. The molecule has 8 nitrogen and oxygen atoms in total. The van der Waals surface area contributed by atoms with Crippen molar-refractivity contribution in [3.05, 3.63) is 95.9 Å². The maximum Gasteiger partial charge on any atom is 0.239 e. The van der Waals surface area contributed by atoms with Gasteiger partial charge in [-0.1, -0.05) is 42.5 Å². The third kappa shape index (κ3) is 5.99. The number of halogens is 1. The fourth-order valence-corrected chi connectivity index (χ4v) is 5.97. The van der Waals surface area contributed by atoms with Crippen molar-refractivity contribution in [2.75, 3.05) is 6.54 Å². The van der Waals surface area contributed by atoms with Crippen molar-refractivity contribution in [2.24, 2.45) is 5.14 Å². The molecule has 36 heavy (non-hydrogen) atoms. The van der Waals surface area contributed by atoms with Crippen LogP contribution in [0.5, 0.6) is 0 Å². The van der Waals surface area contributed by atoms with E-state index in [0.29, 0.717) is 29.4 Å². The van der Waals surface area contributed by atoms with Crippen LogP contribution >= 0.6 is 0 Å². The molecule has 0 atom stereocenters. The Bertz CT molecular complexity index is 1610. The minimum Gasteiger partial charge on any atom is -0.354 e. The van der Waals surface area contributed by atoms with Crippen molar-refractivity contribution in [1.82, 2.24) is 9.88 Å². The minimum atomic E-state index is -3.76. The number of fused-ring (bicyclic) bond motifs is 1. The van der Waals surface area contributed by atoms with Gasteiger partial charge in [0.15, 0.2) is 9.84 Å². The molecule has 4 aromatic rings. The van der Waals surface area contributed by atoms with Gasteiger partial charge in [0.1, 0.15) is 12.4 Å². The van der Waals surface area contributed by atoms with Crippen LogP contribution in [0.2, 0.25) is 0 Å². The molecule has 0 aliphatic carbocycles. The number of rotatable bonds is 9. The van der Waals surface area contributed by atoms with Gasteiger partial charge in [-0.05, 0) is 47.9 Å². The number of sulfone groups is 1. The summed E-state index contributed by atoms with van der Waals surface area (Å²) < 4.78 is 63.8. The number of para-hydroxylation sites is 1. The predicted octanol–water partition coefficient (Wildman–Crippen LogP) is 2.76. The van der Waals surface area contributed by atoms with E-state index < -0.39 is 25.7 Å². The van der Waals surface area contributed by atoms with Gasteiger partial charge in [-0.3, -0.25) is 4.79 Å². The first-order valence-corrected chi connectivity index (χ1v) is 14.2. The number of nitrogens with zero attached hydrogens (tertiary/aromatic N) is 1. The van der Waals surface area contributed by atoms with E-state index in [0.717, 1.165) is 5.56 Å². The van der Waals surface area contributed by atoms with Crippen molar-refractivity contribution >= 4 is 36.7 Å². The van der Waals surface area contributed by atoms with Gasteiger partial charge >= 0.3 is 0 Å². The van der Waals surface area contributed by atoms with Crippen molar-refractivity contribution in [3.8, 4) is 0 Å². The van der Waals surface area contributed by atoms with Gasteiger partial charge in [-0.15, -0.1) is 0 Å². The summed E-state index contributed by atoms with van der Waals surface area (Å²) in [6, 6.07) is 18.3. The first-order chi connectivity index (χ1) is 17.0. The predicted molar refractivity (Wildman–Crippen MR) is 134 cm³/mol. The van der Waals surface area contributed by atoms with Crippen LogP contribution in [0.1, 0.15) is 11.1 Å². The van der Waals surface area contributed by atoms with Crippen LogP contribution in [0.3, 0.4) is 0 Å². The van der Waals surface area contributed by atoms with Gasteiger partial charge < -0.3 is 9.88 Å². The number of sulfonamides is 1. The summed E-state index contributed by atoms with van der Waals surface area (Å²) in [6.45, 7) is 0.222. The number of benzene rings is 3. The van der Waals surface area contributed by atoms with Crippen molar-refractivity contribution in [3.63, 3.8) is 0 Å². The Morgan fingerprint density at radius 3 is 2.19 bits per heavy atom. The van der Waals surface area contributed by atoms with Crippen molar-refractivity contribution in [1.29, 1.82) is 0 Å². The lowest BCUT2D eigenvalue weighted by atomic mass is 10.1. The maximum atomic E-state index is 13.2. The SMILES string of the molecule is NS(=O)(=O)c1ccc(CCNC(=O)Cn2cc(S(=O)(=O)Cc3ccc(F)cc3)c3ccccc32)cc1. The molecule has 11 heteroatoms. The average molecular weight is 530 g/mol. The molecular weight excluding hydrogens is 505 g/mol. The van der Waals surface area contributed by atoms with Crippen LogP contribution in [0.4, 0.5) is 4.39 Å². The van der Waals surface area contributed by atoms with Crippen LogP contribution < -0.4 is 10.5 Å². The van der Waals surface area contributed by atoms with Crippen molar-refractivity contribution < 1.29 is 26.0 Å². The topological polar surface area (TPSA) is 128 Å². The number of nitrogens with two attached hydrogens (primary N) is 1. The van der Waals surface area contributed by atoms with Gasteiger partial charge in [0.25, 0.3) is 0 Å². The number of carbonyl (C=O) groups is 1. The minimum absolute atomic E-state index is 0.0138. The van der Waals surface area contributed by atoms with E-state index in [1.165, 1.54) is 42.6 Å². The highest BCUT2D eigenvalue weighted by Crippen LogP contribution is 2.28. The second kappa shape index (κ2) is 10.2. The highest BCUT2D eigenvalue weighted by Gasteiger charge is 2.22. The quantitative estimate of drug-likeness (QED) is 0.345. The highest BCUT2D eigenvalue weighted by molar-refractivity contribution is 7.91. The lowest BCUT2D eigenvalue weighted by Gasteiger charge is -2.08. The van der Waals surface area contributed by atoms with Gasteiger partial charge in [0.05, 0.1) is 15.5 Å². The fourth-order valence-electron chi connectivity index (χ4n) is 3.87. The highest BCUT2D eigenvalue weighted by atomic mass is 32.2. The van der Waals surface area contributed by atoms with E-state index in [4.69, 9.17) is 5.14 Å². The van der Waals surface area contributed by atoms with Crippen LogP contribution in [-0.2, 0) is 43.4 Å². The molecule has 1 aromatic heterocycles. The zero-order valence-electron chi connectivity index (χ0n) is 19.1. The number of aromatic nitrogens is 1. The number of hydrogen-bond donors (Lipinski definition) is 2. The molecule has 1 heterocycles. The van der Waals surface area contributed by atoms with E-state index in [1.807, 2.05) is 0 Å². The third-order valence-electron chi connectivity index (χ3n) is 5.66. The summed E-state index contributed by atoms with van der Waals surface area (Å²) in [4.78, 5) is 12.7. The summed E-state index contributed by atoms with van der Waals surface area (Å²) in [6.07, 6.45) is 1.93. The summed E-state index contributed by atoms with van der Waals surface area (Å²) >= 11 is 0. The molecule has 0 bridgehead atoms. The molecule has 1 amide bonds. The van der Waals surface area contributed by atoms with E-state index >= 15 is 0 Å². The molecule has 0 saturated heterocycles. The molecule has 0 saturated carbocycles. The maximum absolute atomic E-state index is 13.2. The first kappa shape index (κ1) is 25.5. The Labute approximate surface area is 208 Å². The lowest BCUT2D eigenvalue weighted by Crippen LogP contribution is -2.29. The fraction of sp³-hybridized carbons (Fsp3) is 0.160. The van der Waals surface area contributed by atoms with E-state index in [9.17, 15) is 26.0 Å². The Balaban J connectivity index is 1.45. The smallest absolute Gasteiger partial charge is 0.239 e. The summed E-state index contributed by atoms with van der Waals surface area (Å²) in [7, 11) is -7.53. The third-order valence-corrected chi connectivity index (χ3v) is 8.30. The Morgan fingerprint density at radius 2 is 1.53 bits per heavy atom. The molecule has 4 rings (SSSR count). The summed E-state index contributed by atoms with van der Waals surface area (Å²) in [5.74, 6) is -1.05. The molecule has 3 aromatic carbocycles. The van der Waals surface area contributed by atoms with Gasteiger partial charge in [-0.25, -0.2) is 26.4 Å². The van der Waals surface area contributed by atoms with E-state index in [1.54, 1.807) is 41.0 Å². The first-order valence-electron chi connectivity index (χ1n) is 11.0. The summed E-state index contributed by atoms with van der Waals surface area (Å²) in [5.41, 5.74) is 1.88. The second-order valence-corrected chi connectivity index (χ2v) is 11.8. The zero-order chi connectivity index (χ0) is 25.9. The van der Waals surface area contributed by atoms with Crippen LogP contribution in [0.25, 0.3) is 10.9 Å². The Kier molecular flexibility index (Phi) is 7.25. The summed E-state index contributed by atoms with van der Waals surface area (Å²) in [5, 5.41) is 8.39. The van der Waals surface area contributed by atoms with Crippen LogP contribution in [0.15, 0.2) is 88.8 Å². The van der Waals surface area contributed by atoms with Crippen LogP contribution in [0, 0.1) is 5.82 Å². The van der Waals surface area contributed by atoms with Crippen LogP contribution in [-0.4, -0.2) is 33.9 Å². The lowest BCUT2D eigenvalue weighted by molar-refractivity contribution is -0.121. The van der Waals surface area contributed by atoms with Gasteiger partial charge in [-0.2, -0.15) is 0 Å². The number of nitrogens with one attached hydrogen (secondary N) is 1. The average Bonchev–Trinajstić information content (AvgIpc) is 3.20. The molecule has 0 aliphatic rings. The standard InChI is InChI=1S/C25H24FN3O5S2/c26-20-9-5-19(6-10-20)17-35(31,32)24-15-29(23-4-2-1-3-22(23)24)16-25(30)28-14-13-18-7-11-21(12-8-18)36(27,33)34/h1-12,15H,13-14,16-17H2,(H,28,30)(H2,27,33,34). The monoisotopic (exact) mass is 529 g/mol. The molecular formula is C25H24FN3O5S2. The zero-order valence-corrected chi connectivity index (χ0v) is 20.7. The molecule has 0 aliphatic heterocycles. The Hall–Kier alpha value is -3.54. The second-order valence-electron chi connectivity index (χ2n) is 8.31. The normalized spacial score (nSPS) is 12.1. The molecule has 0 unspecified atom stereocenters. The Morgan fingerprint density at radius 1 is 0.889 bits per heavy atom. The molecule has 0 radical (unpaired) electrons. The van der Waals surface area contributed by atoms with Gasteiger partial charge in [0.2, 0.25) is 15.9 Å². The van der Waals surface area contributed by atoms with E-state index in [-0.39, 0.29) is 28.0 Å². The molecule has 3 N–H and O–H groups in total. The molecule has 0 fully saturated rings. The van der Waals surface area contributed by atoms with Crippen molar-refractivity contribution in [2.45, 2.75) is 28.5 Å². The largest absolute Gasteiger partial charge is 0.354 e. The molecule has 188 valence electrons. The number of hydrogen-bond acceptors (Lipinski definition) is 5. The number of primary sulfonamides is 1. The molecule has 0 spiro atoms.